The SMILES string of the molecule is COC1(CC(=O)C2Cc3ccccc3C2)CCC1. The third-order valence-corrected chi connectivity index (χ3v) is 4.70. The molecule has 0 spiro atoms. The summed E-state index contributed by atoms with van der Waals surface area (Å²) in [7, 11) is 1.75. The summed E-state index contributed by atoms with van der Waals surface area (Å²) < 4.78 is 5.56. The first-order valence-electron chi connectivity index (χ1n) is 6.87. The van der Waals surface area contributed by atoms with Crippen molar-refractivity contribution in [1.82, 2.24) is 0 Å². The van der Waals surface area contributed by atoms with Crippen LogP contribution in [0.3, 0.4) is 0 Å². The molecular formula is C16H20O2. The van der Waals surface area contributed by atoms with E-state index in [9.17, 15) is 4.79 Å². The summed E-state index contributed by atoms with van der Waals surface area (Å²) in [4.78, 5) is 12.4. The molecule has 3 rings (SSSR count). The third kappa shape index (κ3) is 1.99. The summed E-state index contributed by atoms with van der Waals surface area (Å²) >= 11 is 0. The van der Waals surface area contributed by atoms with Crippen LogP contribution >= 0.6 is 0 Å². The van der Waals surface area contributed by atoms with Gasteiger partial charge >= 0.3 is 0 Å². The van der Waals surface area contributed by atoms with E-state index in [2.05, 4.69) is 24.3 Å². The molecule has 1 aromatic carbocycles. The van der Waals surface area contributed by atoms with Gasteiger partial charge in [0.1, 0.15) is 5.78 Å². The fraction of sp³-hybridized carbons (Fsp3) is 0.562. The maximum Gasteiger partial charge on any atom is 0.139 e. The summed E-state index contributed by atoms with van der Waals surface area (Å²) in [5.41, 5.74) is 2.60. The zero-order valence-electron chi connectivity index (χ0n) is 10.9. The van der Waals surface area contributed by atoms with Crippen molar-refractivity contribution >= 4 is 5.78 Å². The van der Waals surface area contributed by atoms with Crippen LogP contribution in [0.25, 0.3) is 0 Å². The predicted octanol–water partition coefficient (Wildman–Crippen LogP) is 2.93. The molecule has 2 aliphatic rings. The molecule has 18 heavy (non-hydrogen) atoms. The molecule has 0 atom stereocenters. The smallest absolute Gasteiger partial charge is 0.139 e. The number of methoxy groups -OCH3 is 1. The minimum absolute atomic E-state index is 0.119. The van der Waals surface area contributed by atoms with Crippen LogP contribution in [0.2, 0.25) is 0 Å². The van der Waals surface area contributed by atoms with Gasteiger partial charge in [0.25, 0.3) is 0 Å². The van der Waals surface area contributed by atoms with Gasteiger partial charge in [-0.2, -0.15) is 0 Å². The normalized spacial score (nSPS) is 21.4. The minimum atomic E-state index is -0.119. The van der Waals surface area contributed by atoms with Crippen molar-refractivity contribution in [2.75, 3.05) is 7.11 Å². The van der Waals surface area contributed by atoms with Gasteiger partial charge in [0.05, 0.1) is 5.60 Å². The number of carbonyl (C=O) groups is 1. The maximum atomic E-state index is 12.4. The number of ether oxygens (including phenoxy) is 1. The molecule has 1 saturated carbocycles. The Kier molecular flexibility index (Phi) is 2.98. The van der Waals surface area contributed by atoms with Crippen molar-refractivity contribution < 1.29 is 9.53 Å². The molecule has 0 aliphatic heterocycles. The second-order valence-corrected chi connectivity index (χ2v) is 5.76. The number of ketones is 1. The first kappa shape index (κ1) is 11.9. The van der Waals surface area contributed by atoms with Crippen molar-refractivity contribution in [3.05, 3.63) is 35.4 Å². The molecule has 0 radical (unpaired) electrons. The Bertz CT molecular complexity index is 429. The van der Waals surface area contributed by atoms with E-state index in [-0.39, 0.29) is 11.5 Å². The lowest BCUT2D eigenvalue weighted by Gasteiger charge is -2.40. The number of rotatable bonds is 4. The van der Waals surface area contributed by atoms with Gasteiger partial charge in [0.15, 0.2) is 0 Å². The molecule has 0 N–H and O–H groups in total. The van der Waals surface area contributed by atoms with E-state index < -0.39 is 0 Å². The monoisotopic (exact) mass is 244 g/mol. The van der Waals surface area contributed by atoms with Crippen LogP contribution in [0.1, 0.15) is 36.8 Å². The molecule has 0 unspecified atom stereocenters. The fourth-order valence-electron chi connectivity index (χ4n) is 3.27. The van der Waals surface area contributed by atoms with E-state index in [0.717, 1.165) is 25.7 Å². The molecule has 2 aliphatic carbocycles. The number of hydrogen-bond donors (Lipinski definition) is 0. The van der Waals surface area contributed by atoms with Gasteiger partial charge in [-0.25, -0.2) is 0 Å². The quantitative estimate of drug-likeness (QED) is 0.814. The summed E-state index contributed by atoms with van der Waals surface area (Å²) in [6, 6.07) is 8.43. The Balaban J connectivity index is 1.66. The Morgan fingerprint density at radius 2 is 1.89 bits per heavy atom. The van der Waals surface area contributed by atoms with E-state index in [0.29, 0.717) is 12.2 Å². The summed E-state index contributed by atoms with van der Waals surface area (Å²) in [6.45, 7) is 0. The topological polar surface area (TPSA) is 26.3 Å². The van der Waals surface area contributed by atoms with Crippen LogP contribution in [0, 0.1) is 5.92 Å². The Morgan fingerprint density at radius 1 is 1.28 bits per heavy atom. The average molecular weight is 244 g/mol. The molecule has 0 heterocycles. The Hall–Kier alpha value is -1.15. The van der Waals surface area contributed by atoms with Crippen molar-refractivity contribution in [1.29, 1.82) is 0 Å². The van der Waals surface area contributed by atoms with E-state index >= 15 is 0 Å². The number of hydrogen-bond acceptors (Lipinski definition) is 2. The largest absolute Gasteiger partial charge is 0.378 e. The lowest BCUT2D eigenvalue weighted by molar-refractivity contribution is -0.135. The van der Waals surface area contributed by atoms with E-state index in [1.807, 2.05) is 0 Å². The highest BCUT2D eigenvalue weighted by Gasteiger charge is 2.41. The lowest BCUT2D eigenvalue weighted by Crippen LogP contribution is -2.42. The van der Waals surface area contributed by atoms with Gasteiger partial charge in [-0.1, -0.05) is 24.3 Å². The molecule has 96 valence electrons. The summed E-state index contributed by atoms with van der Waals surface area (Å²) in [5, 5.41) is 0. The number of carbonyl (C=O) groups excluding carboxylic acids is 1. The molecule has 0 bridgehead atoms. The van der Waals surface area contributed by atoms with E-state index in [1.54, 1.807) is 7.11 Å². The average Bonchev–Trinajstić information content (AvgIpc) is 2.77. The second-order valence-electron chi connectivity index (χ2n) is 5.76. The molecular weight excluding hydrogens is 224 g/mol. The molecule has 1 aromatic rings. The summed E-state index contributed by atoms with van der Waals surface area (Å²) in [5.74, 6) is 0.586. The highest BCUT2D eigenvalue weighted by molar-refractivity contribution is 5.83. The van der Waals surface area contributed by atoms with Gasteiger partial charge < -0.3 is 4.74 Å². The molecule has 2 heteroatoms. The molecule has 0 aromatic heterocycles. The van der Waals surface area contributed by atoms with Crippen LogP contribution in [0.4, 0.5) is 0 Å². The zero-order chi connectivity index (χ0) is 12.6. The van der Waals surface area contributed by atoms with Gasteiger partial charge in [0.2, 0.25) is 0 Å². The van der Waals surface area contributed by atoms with Gasteiger partial charge in [-0.3, -0.25) is 4.79 Å². The van der Waals surface area contributed by atoms with Crippen LogP contribution < -0.4 is 0 Å². The first-order chi connectivity index (χ1) is 8.72. The summed E-state index contributed by atoms with van der Waals surface area (Å²) in [6.07, 6.45) is 5.77. The van der Waals surface area contributed by atoms with Crippen LogP contribution in [0.5, 0.6) is 0 Å². The molecule has 0 amide bonds. The van der Waals surface area contributed by atoms with Crippen molar-refractivity contribution in [2.45, 2.75) is 44.1 Å². The van der Waals surface area contributed by atoms with Gasteiger partial charge in [0, 0.05) is 19.4 Å². The molecule has 1 fully saturated rings. The highest BCUT2D eigenvalue weighted by Crippen LogP contribution is 2.40. The number of benzene rings is 1. The van der Waals surface area contributed by atoms with Crippen LogP contribution in [-0.4, -0.2) is 18.5 Å². The lowest BCUT2D eigenvalue weighted by atomic mass is 9.75. The van der Waals surface area contributed by atoms with Crippen LogP contribution in [0.15, 0.2) is 24.3 Å². The standard InChI is InChI=1S/C16H20O2/c1-18-16(7-4-8-16)11-15(17)14-9-12-5-2-3-6-13(12)10-14/h2-3,5-6,14H,4,7-11H2,1H3. The third-order valence-electron chi connectivity index (χ3n) is 4.70. The zero-order valence-corrected chi connectivity index (χ0v) is 10.9. The maximum absolute atomic E-state index is 12.4. The fourth-order valence-corrected chi connectivity index (χ4v) is 3.27. The van der Waals surface area contributed by atoms with Crippen LogP contribution in [-0.2, 0) is 22.4 Å². The van der Waals surface area contributed by atoms with Crippen molar-refractivity contribution in [3.63, 3.8) is 0 Å². The minimum Gasteiger partial charge on any atom is -0.378 e. The highest BCUT2D eigenvalue weighted by atomic mass is 16.5. The molecule has 0 saturated heterocycles. The Morgan fingerprint density at radius 3 is 2.33 bits per heavy atom. The van der Waals surface area contributed by atoms with Crippen molar-refractivity contribution in [2.24, 2.45) is 5.92 Å². The predicted molar refractivity (Wildman–Crippen MR) is 70.6 cm³/mol. The van der Waals surface area contributed by atoms with Crippen molar-refractivity contribution in [3.8, 4) is 0 Å². The van der Waals surface area contributed by atoms with E-state index in [4.69, 9.17) is 4.74 Å². The van der Waals surface area contributed by atoms with E-state index in [1.165, 1.54) is 17.5 Å². The number of Topliss-reactive ketones (excluding diaryl/α,β-unsaturated/α-hetero) is 1. The Labute approximate surface area is 108 Å². The van der Waals surface area contributed by atoms with Gasteiger partial charge in [-0.15, -0.1) is 0 Å². The molecule has 2 nitrogen and oxygen atoms in total. The number of fused-ring (bicyclic) bond motifs is 1. The van der Waals surface area contributed by atoms with Gasteiger partial charge in [-0.05, 0) is 43.2 Å². The second kappa shape index (κ2) is 4.51. The first-order valence-corrected chi connectivity index (χ1v) is 6.87.